The van der Waals surface area contributed by atoms with Crippen molar-refractivity contribution in [3.8, 4) is 11.8 Å². The van der Waals surface area contributed by atoms with Gasteiger partial charge in [0.25, 0.3) is 0 Å². The fourth-order valence-corrected chi connectivity index (χ4v) is 1.15. The maximum absolute atomic E-state index is 8.44. The van der Waals surface area contributed by atoms with Crippen LogP contribution in [0, 0.1) is 11.3 Å². The van der Waals surface area contributed by atoms with E-state index < -0.39 is 0 Å². The Balaban J connectivity index is 2.82. The predicted octanol–water partition coefficient (Wildman–Crippen LogP) is 2.30. The molecule has 1 aromatic rings. The zero-order valence-electron chi connectivity index (χ0n) is 8.90. The van der Waals surface area contributed by atoms with Gasteiger partial charge in [-0.15, -0.1) is 0 Å². The lowest BCUT2D eigenvalue weighted by molar-refractivity contribution is 0.242. The van der Waals surface area contributed by atoms with Crippen LogP contribution in [0.5, 0.6) is 5.75 Å². The first-order valence-corrected chi connectivity index (χ1v) is 4.76. The second kappa shape index (κ2) is 5.06. The minimum Gasteiger partial charge on any atom is -0.491 e. The Labute approximate surface area is 89.8 Å². The predicted molar refractivity (Wildman–Crippen MR) is 60.0 cm³/mol. The van der Waals surface area contributed by atoms with Crippen molar-refractivity contribution in [3.63, 3.8) is 0 Å². The summed E-state index contributed by atoms with van der Waals surface area (Å²) in [6.45, 7) is 3.94. The zero-order chi connectivity index (χ0) is 11.3. The first kappa shape index (κ1) is 11.1. The fraction of sp³-hybridized carbons (Fsp3) is 0.250. The lowest BCUT2D eigenvalue weighted by atomic mass is 10.1. The van der Waals surface area contributed by atoms with E-state index in [1.807, 2.05) is 44.2 Å². The number of nitrogens with zero attached hydrogens (tertiary/aromatic N) is 1. The molecule has 1 aromatic carbocycles. The molecular weight excluding hydrogens is 188 g/mol. The van der Waals surface area contributed by atoms with Gasteiger partial charge in [-0.05, 0) is 43.7 Å². The van der Waals surface area contributed by atoms with Crippen molar-refractivity contribution in [2.75, 3.05) is 0 Å². The molecule has 0 saturated heterocycles. The second-order valence-electron chi connectivity index (χ2n) is 3.42. The van der Waals surface area contributed by atoms with Gasteiger partial charge in [-0.3, -0.25) is 0 Å². The third-order valence-corrected chi connectivity index (χ3v) is 1.78. The number of nitrogens with two attached hydrogens (primary N) is 1. The Morgan fingerprint density at radius 1 is 1.40 bits per heavy atom. The minimum absolute atomic E-state index is 0.155. The normalized spacial score (nSPS) is 11.2. The highest BCUT2D eigenvalue weighted by molar-refractivity contribution is 5.65. The van der Waals surface area contributed by atoms with Crippen LogP contribution in [0.15, 0.2) is 30.3 Å². The highest BCUT2D eigenvalue weighted by Gasteiger charge is 1.99. The van der Waals surface area contributed by atoms with Crippen LogP contribution in [0.2, 0.25) is 0 Å². The smallest absolute Gasteiger partial charge is 0.119 e. The summed E-state index contributed by atoms with van der Waals surface area (Å²) < 4.78 is 5.48. The van der Waals surface area contributed by atoms with E-state index in [0.29, 0.717) is 5.70 Å². The summed E-state index contributed by atoms with van der Waals surface area (Å²) in [7, 11) is 0. The maximum atomic E-state index is 8.44. The average Bonchev–Trinajstić information content (AvgIpc) is 2.18. The molecular formula is C12H14N2O. The van der Waals surface area contributed by atoms with Crippen LogP contribution in [0.4, 0.5) is 0 Å². The van der Waals surface area contributed by atoms with Gasteiger partial charge in [0, 0.05) is 11.8 Å². The van der Waals surface area contributed by atoms with Crippen molar-refractivity contribution in [1.82, 2.24) is 0 Å². The van der Waals surface area contributed by atoms with Gasteiger partial charge in [0.1, 0.15) is 5.75 Å². The van der Waals surface area contributed by atoms with Gasteiger partial charge < -0.3 is 10.5 Å². The number of benzene rings is 1. The molecule has 0 unspecified atom stereocenters. The van der Waals surface area contributed by atoms with Crippen molar-refractivity contribution in [1.29, 1.82) is 5.26 Å². The minimum atomic E-state index is 0.155. The van der Waals surface area contributed by atoms with E-state index in [-0.39, 0.29) is 6.10 Å². The Kier molecular flexibility index (Phi) is 3.75. The molecule has 15 heavy (non-hydrogen) atoms. The van der Waals surface area contributed by atoms with Crippen molar-refractivity contribution in [2.45, 2.75) is 20.0 Å². The number of nitriles is 1. The molecule has 2 N–H and O–H groups in total. The molecule has 0 radical (unpaired) electrons. The SMILES string of the molecule is CC(C)Oc1ccc(C(N)=CC#N)cc1. The monoisotopic (exact) mass is 202 g/mol. The zero-order valence-corrected chi connectivity index (χ0v) is 8.90. The van der Waals surface area contributed by atoms with E-state index in [4.69, 9.17) is 15.7 Å². The van der Waals surface area contributed by atoms with Gasteiger partial charge in [-0.1, -0.05) is 0 Å². The Morgan fingerprint density at radius 2 is 2.00 bits per heavy atom. The molecule has 3 heteroatoms. The average molecular weight is 202 g/mol. The molecule has 3 nitrogen and oxygen atoms in total. The first-order chi connectivity index (χ1) is 7.13. The van der Waals surface area contributed by atoms with Gasteiger partial charge in [-0.25, -0.2) is 0 Å². The number of rotatable bonds is 3. The molecule has 0 amide bonds. The first-order valence-electron chi connectivity index (χ1n) is 4.76. The highest BCUT2D eigenvalue weighted by atomic mass is 16.5. The van der Waals surface area contributed by atoms with E-state index in [2.05, 4.69) is 0 Å². The maximum Gasteiger partial charge on any atom is 0.119 e. The Morgan fingerprint density at radius 3 is 2.47 bits per heavy atom. The van der Waals surface area contributed by atoms with Crippen molar-refractivity contribution in [3.05, 3.63) is 35.9 Å². The van der Waals surface area contributed by atoms with E-state index in [1.165, 1.54) is 6.08 Å². The van der Waals surface area contributed by atoms with Crippen LogP contribution >= 0.6 is 0 Å². The number of ether oxygens (including phenoxy) is 1. The molecule has 1 rings (SSSR count). The van der Waals surface area contributed by atoms with Gasteiger partial charge in [0.2, 0.25) is 0 Å². The van der Waals surface area contributed by atoms with Gasteiger partial charge in [0.05, 0.1) is 12.2 Å². The van der Waals surface area contributed by atoms with Gasteiger partial charge in [0.15, 0.2) is 0 Å². The van der Waals surface area contributed by atoms with Crippen LogP contribution in [0.3, 0.4) is 0 Å². The van der Waals surface area contributed by atoms with Crippen LogP contribution in [-0.2, 0) is 0 Å². The van der Waals surface area contributed by atoms with Crippen LogP contribution in [0.1, 0.15) is 19.4 Å². The Hall–Kier alpha value is -1.95. The summed E-state index contributed by atoms with van der Waals surface area (Å²) in [5, 5.41) is 8.44. The summed E-state index contributed by atoms with van der Waals surface area (Å²) >= 11 is 0. The summed E-state index contributed by atoms with van der Waals surface area (Å²) in [6, 6.07) is 9.24. The van der Waals surface area contributed by atoms with Gasteiger partial charge in [-0.2, -0.15) is 5.26 Å². The molecule has 0 aliphatic carbocycles. The standard InChI is InChI=1S/C12H14N2O/c1-9(2)15-11-5-3-10(4-6-11)12(14)7-8-13/h3-7,9H,14H2,1-2H3. The van der Waals surface area contributed by atoms with E-state index >= 15 is 0 Å². The lowest BCUT2D eigenvalue weighted by Gasteiger charge is -2.09. The molecule has 0 aliphatic heterocycles. The molecule has 0 heterocycles. The van der Waals surface area contributed by atoms with Crippen LogP contribution in [-0.4, -0.2) is 6.10 Å². The summed E-state index contributed by atoms with van der Waals surface area (Å²) in [6.07, 6.45) is 1.47. The molecule has 0 fully saturated rings. The number of hydrogen-bond acceptors (Lipinski definition) is 3. The summed E-state index contributed by atoms with van der Waals surface area (Å²) in [5.74, 6) is 0.804. The summed E-state index contributed by atoms with van der Waals surface area (Å²) in [5.41, 5.74) is 6.95. The molecule has 78 valence electrons. The van der Waals surface area contributed by atoms with Crippen LogP contribution in [0.25, 0.3) is 5.70 Å². The third-order valence-electron chi connectivity index (χ3n) is 1.78. The van der Waals surface area contributed by atoms with Crippen molar-refractivity contribution < 1.29 is 4.74 Å². The highest BCUT2D eigenvalue weighted by Crippen LogP contribution is 2.16. The number of allylic oxidation sites excluding steroid dienone is 1. The number of hydrogen-bond donors (Lipinski definition) is 1. The van der Waals surface area contributed by atoms with Gasteiger partial charge >= 0.3 is 0 Å². The lowest BCUT2D eigenvalue weighted by Crippen LogP contribution is -2.05. The summed E-state index contributed by atoms with van der Waals surface area (Å²) in [4.78, 5) is 0. The topological polar surface area (TPSA) is 59.0 Å². The van der Waals surface area contributed by atoms with E-state index in [9.17, 15) is 0 Å². The molecule has 0 saturated carbocycles. The third kappa shape index (κ3) is 3.35. The second-order valence-corrected chi connectivity index (χ2v) is 3.42. The van der Waals surface area contributed by atoms with E-state index in [0.717, 1.165) is 11.3 Å². The van der Waals surface area contributed by atoms with Crippen molar-refractivity contribution >= 4 is 5.70 Å². The molecule has 0 aromatic heterocycles. The van der Waals surface area contributed by atoms with Crippen LogP contribution < -0.4 is 10.5 Å². The fourth-order valence-electron chi connectivity index (χ4n) is 1.15. The molecule has 0 aliphatic rings. The van der Waals surface area contributed by atoms with Crippen molar-refractivity contribution in [2.24, 2.45) is 5.73 Å². The molecule has 0 spiro atoms. The quantitative estimate of drug-likeness (QED) is 0.765. The largest absolute Gasteiger partial charge is 0.491 e. The van der Waals surface area contributed by atoms with E-state index in [1.54, 1.807) is 0 Å². The molecule has 0 atom stereocenters. The molecule has 0 bridgehead atoms. The Bertz CT molecular complexity index is 385.